The lowest BCUT2D eigenvalue weighted by atomic mass is 9.96. The average molecular weight is 435 g/mol. The Morgan fingerprint density at radius 3 is 1.63 bits per heavy atom. The molecular weight excluding hydrogens is 393 g/mol. The van der Waals surface area contributed by atoms with Gasteiger partial charge in [-0.05, 0) is 24.8 Å². The van der Waals surface area contributed by atoms with Crippen LogP contribution in [0.3, 0.4) is 0 Å². The van der Waals surface area contributed by atoms with Crippen molar-refractivity contribution in [3.8, 4) is 0 Å². The molecule has 1 saturated carbocycles. The molecule has 0 heterocycles. The number of benzene rings is 1. The molecule has 1 aromatic carbocycles. The number of carbonyl (C=O) groups excluding carboxylic acids is 1. The number of hydrogen-bond acceptors (Lipinski definition) is 1. The minimum atomic E-state index is -1.43. The summed E-state index contributed by atoms with van der Waals surface area (Å²) in [4.78, 5) is 13.4. The highest BCUT2D eigenvalue weighted by atomic mass is 29.9. The topological polar surface area (TPSA) is 17.1 Å². The van der Waals surface area contributed by atoms with E-state index < -0.39 is 29.4 Å². The first-order chi connectivity index (χ1) is 12.2. The second-order valence-electron chi connectivity index (χ2n) is 11.9. The van der Waals surface area contributed by atoms with Crippen molar-refractivity contribution in [2.45, 2.75) is 84.2 Å². The summed E-state index contributed by atoms with van der Waals surface area (Å²) in [6.45, 7) is 22.4. The van der Waals surface area contributed by atoms with Gasteiger partial charge in [0.1, 0.15) is 5.78 Å². The summed E-state index contributed by atoms with van der Waals surface area (Å²) in [6, 6.07) is 12.0. The largest absolute Gasteiger partial charge is 0.299 e. The number of hydrogen-bond donors (Lipinski definition) is 0. The van der Waals surface area contributed by atoms with Gasteiger partial charge in [-0.15, -0.1) is 0 Å². The first kappa shape index (κ1) is 23.0. The molecule has 0 spiro atoms. The Labute approximate surface area is 171 Å². The lowest BCUT2D eigenvalue weighted by Crippen LogP contribution is -2.83. The smallest absolute Gasteiger partial charge is 0.139 e. The second kappa shape index (κ2) is 7.88. The van der Waals surface area contributed by atoms with Crippen LogP contribution in [0.15, 0.2) is 30.3 Å². The Bertz CT molecular complexity index is 614. The first-order valence-corrected chi connectivity index (χ1v) is 26.5. The normalized spacial score (nSPS) is 22.3. The van der Waals surface area contributed by atoms with Crippen LogP contribution in [0.5, 0.6) is 0 Å². The van der Waals surface area contributed by atoms with Crippen molar-refractivity contribution in [1.82, 2.24) is 0 Å². The number of rotatable bonds is 7. The van der Waals surface area contributed by atoms with E-state index in [1.807, 2.05) is 0 Å². The summed E-state index contributed by atoms with van der Waals surface area (Å²) in [5, 5.41) is 0. The minimum absolute atomic E-state index is 0.272. The molecule has 1 fully saturated rings. The summed E-state index contributed by atoms with van der Waals surface area (Å²) in [5.41, 5.74) is 1.33. The number of carbonyl (C=O) groups is 1. The van der Waals surface area contributed by atoms with Gasteiger partial charge in [-0.3, -0.25) is 4.79 Å². The van der Waals surface area contributed by atoms with E-state index in [0.29, 0.717) is 11.7 Å². The molecule has 0 saturated heterocycles. The lowest BCUT2D eigenvalue weighted by Gasteiger charge is -2.58. The molecular formula is C22H42OSi4. The molecule has 1 aliphatic rings. The molecule has 0 N–H and O–H groups in total. The highest BCUT2D eigenvalue weighted by Crippen LogP contribution is 2.45. The van der Waals surface area contributed by atoms with Gasteiger partial charge < -0.3 is 0 Å². The zero-order valence-corrected chi connectivity index (χ0v) is 23.3. The van der Waals surface area contributed by atoms with Crippen LogP contribution in [0.25, 0.3) is 0 Å². The van der Waals surface area contributed by atoms with Crippen molar-refractivity contribution in [2.75, 3.05) is 0 Å². The van der Waals surface area contributed by atoms with Crippen LogP contribution in [0.4, 0.5) is 0 Å². The predicted molar refractivity (Wildman–Crippen MR) is 132 cm³/mol. The Hall–Kier alpha value is -0.242. The van der Waals surface area contributed by atoms with Gasteiger partial charge in [0.2, 0.25) is 0 Å². The maximum absolute atomic E-state index is 13.4. The molecule has 1 nitrogen and oxygen atoms in total. The standard InChI is InChI=1S/C22H42OSi4/c1-24(2,3)27(25(4,5)6,26(7,8)9)18-21-16-15-20(22(21)23)17-19-13-11-10-12-14-19/h10-14,20-21H,15-18H2,1-9H3/t20-,21-/m1/s1. The van der Waals surface area contributed by atoms with Crippen LogP contribution in [-0.2, 0) is 11.2 Å². The third-order valence-corrected chi connectivity index (χ3v) is 81.6. The van der Waals surface area contributed by atoms with Crippen molar-refractivity contribution >= 4 is 35.2 Å². The second-order valence-corrected chi connectivity index (χ2v) is 53.3. The van der Waals surface area contributed by atoms with E-state index in [-0.39, 0.29) is 5.92 Å². The third-order valence-electron chi connectivity index (χ3n) is 7.39. The van der Waals surface area contributed by atoms with Crippen LogP contribution in [-0.4, -0.2) is 35.2 Å². The molecule has 0 radical (unpaired) electrons. The Morgan fingerprint density at radius 2 is 1.19 bits per heavy atom. The molecule has 0 aromatic heterocycles. The fourth-order valence-electron chi connectivity index (χ4n) is 6.99. The van der Waals surface area contributed by atoms with Crippen molar-refractivity contribution in [2.24, 2.45) is 11.8 Å². The Kier molecular flexibility index (Phi) is 6.73. The molecule has 2 rings (SSSR count). The van der Waals surface area contributed by atoms with Crippen LogP contribution < -0.4 is 0 Å². The number of ketones is 1. The lowest BCUT2D eigenvalue weighted by molar-refractivity contribution is -0.123. The van der Waals surface area contributed by atoms with E-state index in [1.165, 1.54) is 11.6 Å². The maximum Gasteiger partial charge on any atom is 0.139 e. The molecule has 152 valence electrons. The van der Waals surface area contributed by atoms with Gasteiger partial charge in [-0.1, -0.05) is 95.3 Å². The highest BCUT2D eigenvalue weighted by molar-refractivity contribution is 7.89. The molecule has 1 aromatic rings. The van der Waals surface area contributed by atoms with Crippen molar-refractivity contribution < 1.29 is 4.79 Å². The Balaban J connectivity index is 2.30. The van der Waals surface area contributed by atoms with Gasteiger partial charge in [-0.2, -0.15) is 0 Å². The van der Waals surface area contributed by atoms with Crippen LogP contribution >= 0.6 is 0 Å². The van der Waals surface area contributed by atoms with Crippen LogP contribution in [0.2, 0.25) is 65.0 Å². The van der Waals surface area contributed by atoms with Gasteiger partial charge in [-0.25, -0.2) is 0 Å². The fraction of sp³-hybridized carbons (Fsp3) is 0.682. The zero-order valence-electron chi connectivity index (χ0n) is 19.3. The van der Waals surface area contributed by atoms with E-state index in [4.69, 9.17) is 0 Å². The van der Waals surface area contributed by atoms with E-state index in [1.54, 1.807) is 0 Å². The monoisotopic (exact) mass is 434 g/mol. The van der Waals surface area contributed by atoms with Gasteiger partial charge in [0, 0.05) is 41.2 Å². The summed E-state index contributed by atoms with van der Waals surface area (Å²) < 4.78 is 0. The molecule has 0 bridgehead atoms. The van der Waals surface area contributed by atoms with Crippen molar-refractivity contribution in [3.63, 3.8) is 0 Å². The van der Waals surface area contributed by atoms with Crippen LogP contribution in [0, 0.1) is 11.8 Å². The summed E-state index contributed by atoms with van der Waals surface area (Å²) in [6.07, 6.45) is 3.23. The molecule has 0 aliphatic heterocycles. The summed E-state index contributed by atoms with van der Waals surface area (Å²) >= 11 is 0. The molecule has 0 unspecified atom stereocenters. The molecule has 0 amide bonds. The van der Waals surface area contributed by atoms with Crippen LogP contribution in [0.1, 0.15) is 18.4 Å². The van der Waals surface area contributed by atoms with Crippen molar-refractivity contribution in [1.29, 1.82) is 0 Å². The first-order valence-electron chi connectivity index (χ1n) is 10.8. The predicted octanol–water partition coefficient (Wildman–Crippen LogP) is 6.52. The van der Waals surface area contributed by atoms with Gasteiger partial charge in [0.15, 0.2) is 0 Å². The zero-order chi connectivity index (χ0) is 20.7. The maximum atomic E-state index is 13.4. The molecule has 5 heteroatoms. The Morgan fingerprint density at radius 1 is 0.741 bits per heavy atom. The fourth-order valence-corrected chi connectivity index (χ4v) is 105. The van der Waals surface area contributed by atoms with Gasteiger partial charge >= 0.3 is 0 Å². The summed E-state index contributed by atoms with van der Waals surface area (Å²) in [7, 11) is -3.87. The van der Waals surface area contributed by atoms with E-state index in [2.05, 4.69) is 89.3 Å². The quantitative estimate of drug-likeness (QED) is 0.446. The van der Waals surface area contributed by atoms with E-state index in [0.717, 1.165) is 19.3 Å². The van der Waals surface area contributed by atoms with Crippen molar-refractivity contribution in [3.05, 3.63) is 35.9 Å². The molecule has 1 aliphatic carbocycles. The van der Waals surface area contributed by atoms with Gasteiger partial charge in [0.25, 0.3) is 0 Å². The third kappa shape index (κ3) is 4.51. The molecule has 27 heavy (non-hydrogen) atoms. The van der Waals surface area contributed by atoms with E-state index >= 15 is 0 Å². The SMILES string of the molecule is C[Si](C)(C)[Si](C[C@H]1CC[C@H](Cc2ccccc2)C1=O)([Si](C)(C)C)[Si](C)(C)C. The number of Topliss-reactive ketones (excluding diaryl/α,β-unsaturated/α-hetero) is 1. The minimum Gasteiger partial charge on any atom is -0.299 e. The highest BCUT2D eigenvalue weighted by Gasteiger charge is 2.62. The summed E-state index contributed by atoms with van der Waals surface area (Å²) in [5.74, 6) is 1.26. The van der Waals surface area contributed by atoms with E-state index in [9.17, 15) is 4.79 Å². The van der Waals surface area contributed by atoms with Gasteiger partial charge in [0.05, 0.1) is 0 Å². The average Bonchev–Trinajstić information content (AvgIpc) is 2.82. The molecule has 2 atom stereocenters.